The Morgan fingerprint density at radius 1 is 1.46 bits per heavy atom. The Balaban J connectivity index is 2.73. The Bertz CT molecular complexity index is 196. The van der Waals surface area contributed by atoms with E-state index in [2.05, 4.69) is 26.1 Å². The molecule has 13 heavy (non-hydrogen) atoms. The quantitative estimate of drug-likeness (QED) is 0.648. The largest absolute Gasteiger partial charge is 0.481 e. The number of hydrogen-bond donors (Lipinski definition) is 2. The van der Waals surface area contributed by atoms with Gasteiger partial charge in [0.1, 0.15) is 0 Å². The van der Waals surface area contributed by atoms with Gasteiger partial charge in [-0.25, -0.2) is 0 Å². The van der Waals surface area contributed by atoms with Gasteiger partial charge in [-0.05, 0) is 30.8 Å². The van der Waals surface area contributed by atoms with Crippen molar-refractivity contribution in [2.45, 2.75) is 27.2 Å². The normalized spacial score (nSPS) is 30.1. The molecule has 0 aromatic heterocycles. The van der Waals surface area contributed by atoms with Crippen molar-refractivity contribution >= 4 is 5.97 Å². The van der Waals surface area contributed by atoms with Gasteiger partial charge in [-0.15, -0.1) is 0 Å². The number of rotatable bonds is 1. The molecule has 0 aromatic carbocycles. The molecule has 0 spiro atoms. The summed E-state index contributed by atoms with van der Waals surface area (Å²) in [6.45, 7) is 8.01. The zero-order valence-corrected chi connectivity index (χ0v) is 8.63. The number of carboxylic acid groups (broad SMARTS) is 1. The monoisotopic (exact) mass is 185 g/mol. The third kappa shape index (κ3) is 2.44. The fourth-order valence-corrected chi connectivity index (χ4v) is 2.06. The zero-order chi connectivity index (χ0) is 10.1. The van der Waals surface area contributed by atoms with E-state index in [1.54, 1.807) is 0 Å². The van der Waals surface area contributed by atoms with Crippen LogP contribution in [0.5, 0.6) is 0 Å². The molecule has 0 amide bonds. The first-order valence-corrected chi connectivity index (χ1v) is 4.86. The zero-order valence-electron chi connectivity index (χ0n) is 8.63. The lowest BCUT2D eigenvalue weighted by Gasteiger charge is -2.38. The van der Waals surface area contributed by atoms with Crippen LogP contribution in [0.3, 0.4) is 0 Å². The summed E-state index contributed by atoms with van der Waals surface area (Å²) in [5, 5.41) is 12.3. The summed E-state index contributed by atoms with van der Waals surface area (Å²) >= 11 is 0. The minimum absolute atomic E-state index is 0.0798. The molecule has 0 saturated carbocycles. The molecule has 0 bridgehead atoms. The van der Waals surface area contributed by atoms with Crippen molar-refractivity contribution in [1.29, 1.82) is 0 Å². The van der Waals surface area contributed by atoms with Crippen molar-refractivity contribution in [3.05, 3.63) is 0 Å². The molecule has 2 atom stereocenters. The second kappa shape index (κ2) is 3.66. The Hall–Kier alpha value is -0.570. The van der Waals surface area contributed by atoms with Crippen molar-refractivity contribution < 1.29 is 9.90 Å². The summed E-state index contributed by atoms with van der Waals surface area (Å²) in [6.07, 6.45) is 0.761. The molecule has 3 nitrogen and oxygen atoms in total. The first kappa shape index (κ1) is 10.5. The third-order valence-corrected chi connectivity index (χ3v) is 2.91. The highest BCUT2D eigenvalue weighted by molar-refractivity contribution is 5.70. The molecule has 1 saturated heterocycles. The fourth-order valence-electron chi connectivity index (χ4n) is 2.06. The first-order valence-electron chi connectivity index (χ1n) is 4.86. The highest BCUT2D eigenvalue weighted by atomic mass is 16.4. The Morgan fingerprint density at radius 3 is 2.46 bits per heavy atom. The van der Waals surface area contributed by atoms with Crippen LogP contribution in [0.15, 0.2) is 0 Å². The topological polar surface area (TPSA) is 49.3 Å². The molecule has 3 heteroatoms. The van der Waals surface area contributed by atoms with Gasteiger partial charge in [0.15, 0.2) is 0 Å². The lowest BCUT2D eigenvalue weighted by Crippen LogP contribution is -2.45. The predicted octanol–water partition coefficient (Wildman–Crippen LogP) is 1.34. The maximum Gasteiger partial charge on any atom is 0.306 e. The molecule has 76 valence electrons. The molecule has 0 aromatic rings. The van der Waals surface area contributed by atoms with E-state index in [1.165, 1.54) is 0 Å². The number of nitrogens with one attached hydrogen (secondary N) is 1. The minimum atomic E-state index is -0.638. The van der Waals surface area contributed by atoms with E-state index in [0.29, 0.717) is 0 Å². The Kier molecular flexibility index (Phi) is 2.96. The molecular weight excluding hydrogens is 166 g/mol. The fraction of sp³-hybridized carbons (Fsp3) is 0.900. The number of hydrogen-bond acceptors (Lipinski definition) is 2. The molecule has 0 unspecified atom stereocenters. The number of carbonyl (C=O) groups is 1. The summed E-state index contributed by atoms with van der Waals surface area (Å²) in [5.74, 6) is -0.554. The van der Waals surface area contributed by atoms with Crippen molar-refractivity contribution in [2.75, 3.05) is 13.1 Å². The summed E-state index contributed by atoms with van der Waals surface area (Å²) in [5.41, 5.74) is 0.0798. The van der Waals surface area contributed by atoms with Crippen LogP contribution < -0.4 is 5.32 Å². The van der Waals surface area contributed by atoms with E-state index in [0.717, 1.165) is 19.5 Å². The van der Waals surface area contributed by atoms with Crippen LogP contribution in [0.1, 0.15) is 27.2 Å². The molecule has 1 aliphatic rings. The second-order valence-electron chi connectivity index (χ2n) is 4.91. The lowest BCUT2D eigenvalue weighted by atomic mass is 9.70. The van der Waals surface area contributed by atoms with E-state index >= 15 is 0 Å². The second-order valence-corrected chi connectivity index (χ2v) is 4.91. The first-order chi connectivity index (χ1) is 5.93. The van der Waals surface area contributed by atoms with E-state index in [1.807, 2.05) is 0 Å². The van der Waals surface area contributed by atoms with Crippen molar-refractivity contribution in [3.8, 4) is 0 Å². The van der Waals surface area contributed by atoms with Gasteiger partial charge in [-0.1, -0.05) is 20.8 Å². The summed E-state index contributed by atoms with van der Waals surface area (Å²) in [4.78, 5) is 11.0. The van der Waals surface area contributed by atoms with E-state index in [4.69, 9.17) is 5.11 Å². The maximum atomic E-state index is 11.0. The SMILES string of the molecule is CC(C)(C)[C@@H]1CNCC[C@@H]1C(=O)O. The van der Waals surface area contributed by atoms with Crippen molar-refractivity contribution in [3.63, 3.8) is 0 Å². The van der Waals surface area contributed by atoms with Gasteiger partial charge in [0.2, 0.25) is 0 Å². The van der Waals surface area contributed by atoms with Gasteiger partial charge in [-0.3, -0.25) is 4.79 Å². The van der Waals surface area contributed by atoms with Gasteiger partial charge in [0.25, 0.3) is 0 Å². The van der Waals surface area contributed by atoms with Gasteiger partial charge in [0, 0.05) is 0 Å². The minimum Gasteiger partial charge on any atom is -0.481 e. The smallest absolute Gasteiger partial charge is 0.306 e. The van der Waals surface area contributed by atoms with Crippen LogP contribution in [-0.2, 0) is 4.79 Å². The van der Waals surface area contributed by atoms with Crippen LogP contribution in [0.4, 0.5) is 0 Å². The van der Waals surface area contributed by atoms with Crippen LogP contribution in [0, 0.1) is 17.3 Å². The predicted molar refractivity (Wildman–Crippen MR) is 51.6 cm³/mol. The van der Waals surface area contributed by atoms with Gasteiger partial charge < -0.3 is 10.4 Å². The highest BCUT2D eigenvalue weighted by Gasteiger charge is 2.37. The molecule has 2 N–H and O–H groups in total. The van der Waals surface area contributed by atoms with Crippen LogP contribution >= 0.6 is 0 Å². The standard InChI is InChI=1S/C10H19NO2/c1-10(2,3)8-6-11-5-4-7(8)9(12)13/h7-8,11H,4-6H2,1-3H3,(H,12,13)/t7-,8+/m0/s1. The number of piperidine rings is 1. The molecule has 0 aliphatic carbocycles. The maximum absolute atomic E-state index is 11.0. The number of aliphatic carboxylic acids is 1. The van der Waals surface area contributed by atoms with Gasteiger partial charge in [0.05, 0.1) is 5.92 Å². The molecule has 1 fully saturated rings. The average molecular weight is 185 g/mol. The molecular formula is C10H19NO2. The molecule has 1 heterocycles. The molecule has 1 aliphatic heterocycles. The lowest BCUT2D eigenvalue weighted by molar-refractivity contribution is -0.146. The van der Waals surface area contributed by atoms with Crippen LogP contribution in [0.25, 0.3) is 0 Å². The molecule has 0 radical (unpaired) electrons. The van der Waals surface area contributed by atoms with Crippen molar-refractivity contribution in [1.82, 2.24) is 5.32 Å². The summed E-state index contributed by atoms with van der Waals surface area (Å²) < 4.78 is 0. The Labute approximate surface area is 79.5 Å². The summed E-state index contributed by atoms with van der Waals surface area (Å²) in [7, 11) is 0. The third-order valence-electron chi connectivity index (χ3n) is 2.91. The average Bonchev–Trinajstić information content (AvgIpc) is 2.03. The van der Waals surface area contributed by atoms with Crippen molar-refractivity contribution in [2.24, 2.45) is 17.3 Å². The van der Waals surface area contributed by atoms with E-state index < -0.39 is 5.97 Å². The van der Waals surface area contributed by atoms with Crippen LogP contribution in [0.2, 0.25) is 0 Å². The van der Waals surface area contributed by atoms with E-state index in [-0.39, 0.29) is 17.3 Å². The molecule has 1 rings (SSSR count). The summed E-state index contributed by atoms with van der Waals surface area (Å²) in [6, 6.07) is 0. The van der Waals surface area contributed by atoms with Gasteiger partial charge in [-0.2, -0.15) is 0 Å². The van der Waals surface area contributed by atoms with E-state index in [9.17, 15) is 4.79 Å². The Morgan fingerprint density at radius 2 is 2.08 bits per heavy atom. The van der Waals surface area contributed by atoms with Gasteiger partial charge >= 0.3 is 5.97 Å². The van der Waals surface area contributed by atoms with Crippen LogP contribution in [-0.4, -0.2) is 24.2 Å². The highest BCUT2D eigenvalue weighted by Crippen LogP contribution is 2.35. The number of carboxylic acids is 1.